The van der Waals surface area contributed by atoms with Crippen molar-refractivity contribution in [3.8, 4) is 5.75 Å². The first-order valence-corrected chi connectivity index (χ1v) is 7.50. The minimum atomic E-state index is -0.292. The number of rotatable bonds is 5. The molecular formula is C14H20FNOS. The van der Waals surface area contributed by atoms with E-state index in [-0.39, 0.29) is 11.9 Å². The van der Waals surface area contributed by atoms with Crippen LogP contribution in [0.2, 0.25) is 0 Å². The Hall–Kier alpha value is -0.740. The molecule has 2 rings (SSSR count). The van der Waals surface area contributed by atoms with Gasteiger partial charge in [-0.05, 0) is 55.0 Å². The summed E-state index contributed by atoms with van der Waals surface area (Å²) in [7, 11) is 1.48. The molecule has 1 fully saturated rings. The summed E-state index contributed by atoms with van der Waals surface area (Å²) < 4.78 is 18.5. The van der Waals surface area contributed by atoms with E-state index in [0.717, 1.165) is 18.0 Å². The predicted octanol–water partition coefficient (Wildman–Crippen LogP) is 3.24. The Morgan fingerprint density at radius 1 is 1.56 bits per heavy atom. The molecule has 0 bridgehead atoms. The van der Waals surface area contributed by atoms with Gasteiger partial charge in [0.05, 0.1) is 7.11 Å². The molecule has 2 nitrogen and oxygen atoms in total. The second-order valence-electron chi connectivity index (χ2n) is 4.75. The lowest BCUT2D eigenvalue weighted by Gasteiger charge is -2.17. The number of nitrogens with one attached hydrogen (secondary N) is 1. The molecule has 0 radical (unpaired) electrons. The molecule has 1 aromatic rings. The molecule has 2 unspecified atom stereocenters. The van der Waals surface area contributed by atoms with E-state index in [1.54, 1.807) is 12.1 Å². The molecule has 0 amide bonds. The lowest BCUT2D eigenvalue weighted by atomic mass is 10.1. The fraction of sp³-hybridized carbons (Fsp3) is 0.571. The van der Waals surface area contributed by atoms with E-state index in [0.29, 0.717) is 5.75 Å². The lowest BCUT2D eigenvalue weighted by molar-refractivity contribution is 0.385. The second-order valence-corrected chi connectivity index (χ2v) is 5.90. The summed E-state index contributed by atoms with van der Waals surface area (Å²) in [6, 6.07) is 5.34. The summed E-state index contributed by atoms with van der Waals surface area (Å²) in [4.78, 5) is 0. The molecule has 1 heterocycles. The van der Waals surface area contributed by atoms with Crippen LogP contribution >= 0.6 is 11.8 Å². The topological polar surface area (TPSA) is 21.3 Å². The van der Waals surface area contributed by atoms with Crippen molar-refractivity contribution in [2.24, 2.45) is 5.92 Å². The van der Waals surface area contributed by atoms with Crippen LogP contribution in [-0.2, 0) is 0 Å². The van der Waals surface area contributed by atoms with Crippen LogP contribution in [0.1, 0.15) is 24.9 Å². The molecule has 0 aliphatic carbocycles. The van der Waals surface area contributed by atoms with Gasteiger partial charge >= 0.3 is 0 Å². The van der Waals surface area contributed by atoms with Crippen LogP contribution in [0.5, 0.6) is 5.75 Å². The second kappa shape index (κ2) is 6.43. The molecule has 1 aliphatic heterocycles. The monoisotopic (exact) mass is 269 g/mol. The van der Waals surface area contributed by atoms with E-state index >= 15 is 0 Å². The Kier molecular flexibility index (Phi) is 4.89. The minimum absolute atomic E-state index is 0.177. The molecule has 4 heteroatoms. The van der Waals surface area contributed by atoms with Gasteiger partial charge in [-0.2, -0.15) is 11.8 Å². The molecule has 0 saturated carbocycles. The number of thioether (sulfide) groups is 1. The number of ether oxygens (including phenoxy) is 1. The quantitative estimate of drug-likeness (QED) is 0.886. The Balaban J connectivity index is 1.91. The third-order valence-electron chi connectivity index (χ3n) is 3.41. The minimum Gasteiger partial charge on any atom is -0.494 e. The average molecular weight is 269 g/mol. The van der Waals surface area contributed by atoms with Crippen LogP contribution in [0.3, 0.4) is 0 Å². The molecule has 18 heavy (non-hydrogen) atoms. The molecule has 1 aliphatic rings. The van der Waals surface area contributed by atoms with E-state index < -0.39 is 0 Å². The molecule has 100 valence electrons. The fourth-order valence-electron chi connectivity index (χ4n) is 2.16. The Morgan fingerprint density at radius 2 is 2.39 bits per heavy atom. The first-order chi connectivity index (χ1) is 8.70. The molecule has 1 saturated heterocycles. The average Bonchev–Trinajstić information content (AvgIpc) is 2.89. The van der Waals surface area contributed by atoms with Crippen molar-refractivity contribution in [1.82, 2.24) is 5.32 Å². The number of halogens is 1. The summed E-state index contributed by atoms with van der Waals surface area (Å²) in [5.41, 5.74) is 0.971. The van der Waals surface area contributed by atoms with Gasteiger partial charge in [-0.25, -0.2) is 4.39 Å². The number of benzene rings is 1. The Bertz CT molecular complexity index is 393. The highest BCUT2D eigenvalue weighted by Crippen LogP contribution is 2.25. The first kappa shape index (κ1) is 13.7. The lowest BCUT2D eigenvalue weighted by Crippen LogP contribution is -2.25. The van der Waals surface area contributed by atoms with Crippen LogP contribution in [0.25, 0.3) is 0 Å². The van der Waals surface area contributed by atoms with Crippen molar-refractivity contribution in [3.63, 3.8) is 0 Å². The van der Waals surface area contributed by atoms with E-state index in [4.69, 9.17) is 4.74 Å². The summed E-state index contributed by atoms with van der Waals surface area (Å²) >= 11 is 2.02. The highest BCUT2D eigenvalue weighted by atomic mass is 32.2. The maximum atomic E-state index is 13.6. The van der Waals surface area contributed by atoms with Crippen molar-refractivity contribution in [1.29, 1.82) is 0 Å². The maximum Gasteiger partial charge on any atom is 0.165 e. The Morgan fingerprint density at radius 3 is 3.00 bits per heavy atom. The van der Waals surface area contributed by atoms with Gasteiger partial charge in [0.1, 0.15) is 0 Å². The van der Waals surface area contributed by atoms with Gasteiger partial charge in [0.2, 0.25) is 0 Å². The van der Waals surface area contributed by atoms with Gasteiger partial charge in [0.15, 0.2) is 11.6 Å². The highest BCUT2D eigenvalue weighted by molar-refractivity contribution is 7.99. The van der Waals surface area contributed by atoms with Crippen molar-refractivity contribution in [2.45, 2.75) is 19.4 Å². The molecule has 2 atom stereocenters. The largest absolute Gasteiger partial charge is 0.494 e. The zero-order valence-electron chi connectivity index (χ0n) is 10.9. The summed E-state index contributed by atoms with van der Waals surface area (Å²) in [5, 5.41) is 3.48. The first-order valence-electron chi connectivity index (χ1n) is 6.35. The number of hydrogen-bond acceptors (Lipinski definition) is 3. The van der Waals surface area contributed by atoms with Gasteiger partial charge in [0, 0.05) is 6.04 Å². The van der Waals surface area contributed by atoms with E-state index in [1.807, 2.05) is 17.8 Å². The Labute approximate surface area is 112 Å². The standard InChI is InChI=1S/C14H20FNOS/c1-10(16-8-11-5-6-18-9-11)12-3-4-14(17-2)13(15)7-12/h3-4,7,10-11,16H,5-6,8-9H2,1-2H3. The molecule has 1 N–H and O–H groups in total. The zero-order valence-corrected chi connectivity index (χ0v) is 11.7. The van der Waals surface area contributed by atoms with Crippen molar-refractivity contribution >= 4 is 11.8 Å². The van der Waals surface area contributed by atoms with Crippen molar-refractivity contribution in [2.75, 3.05) is 25.2 Å². The summed E-state index contributed by atoms with van der Waals surface area (Å²) in [6.45, 7) is 3.09. The molecule has 1 aromatic carbocycles. The van der Waals surface area contributed by atoms with E-state index in [2.05, 4.69) is 12.2 Å². The van der Waals surface area contributed by atoms with Crippen LogP contribution in [0, 0.1) is 11.7 Å². The predicted molar refractivity (Wildman–Crippen MR) is 74.8 cm³/mol. The number of hydrogen-bond donors (Lipinski definition) is 1. The van der Waals surface area contributed by atoms with Crippen molar-refractivity contribution < 1.29 is 9.13 Å². The van der Waals surface area contributed by atoms with Gasteiger partial charge in [0.25, 0.3) is 0 Å². The van der Waals surface area contributed by atoms with Gasteiger partial charge in [-0.1, -0.05) is 6.07 Å². The zero-order chi connectivity index (χ0) is 13.0. The van der Waals surface area contributed by atoms with Crippen LogP contribution < -0.4 is 10.1 Å². The van der Waals surface area contributed by atoms with Crippen LogP contribution in [0.4, 0.5) is 4.39 Å². The van der Waals surface area contributed by atoms with Gasteiger partial charge in [-0.3, -0.25) is 0 Å². The van der Waals surface area contributed by atoms with Gasteiger partial charge in [-0.15, -0.1) is 0 Å². The SMILES string of the molecule is COc1ccc(C(C)NCC2CCSC2)cc1F. The van der Waals surface area contributed by atoms with Gasteiger partial charge < -0.3 is 10.1 Å². The maximum absolute atomic E-state index is 13.6. The van der Waals surface area contributed by atoms with Crippen LogP contribution in [0.15, 0.2) is 18.2 Å². The third-order valence-corrected chi connectivity index (χ3v) is 4.64. The normalized spacial score (nSPS) is 20.9. The van der Waals surface area contributed by atoms with E-state index in [1.165, 1.54) is 25.0 Å². The summed E-state index contributed by atoms with van der Waals surface area (Å²) in [6.07, 6.45) is 1.29. The number of methoxy groups -OCH3 is 1. The highest BCUT2D eigenvalue weighted by Gasteiger charge is 2.16. The van der Waals surface area contributed by atoms with Crippen molar-refractivity contribution in [3.05, 3.63) is 29.6 Å². The molecule has 0 aromatic heterocycles. The fourth-order valence-corrected chi connectivity index (χ4v) is 3.44. The van der Waals surface area contributed by atoms with E-state index in [9.17, 15) is 4.39 Å². The smallest absolute Gasteiger partial charge is 0.165 e. The summed E-state index contributed by atoms with van der Waals surface area (Å²) in [5.74, 6) is 3.30. The van der Waals surface area contributed by atoms with Crippen LogP contribution in [-0.4, -0.2) is 25.2 Å². The third kappa shape index (κ3) is 3.39. The molecular weight excluding hydrogens is 249 g/mol. The molecule has 0 spiro atoms.